The van der Waals surface area contributed by atoms with Crippen LogP contribution in [-0.2, 0) is 4.74 Å². The van der Waals surface area contributed by atoms with E-state index in [4.69, 9.17) is 15.7 Å². The topological polar surface area (TPSA) is 87.7 Å². The second-order valence-corrected chi connectivity index (χ2v) is 5.75. The molecule has 0 amide bonds. The minimum absolute atomic E-state index is 0.221. The van der Waals surface area contributed by atoms with E-state index >= 15 is 0 Å². The van der Waals surface area contributed by atoms with Crippen LogP contribution in [0.2, 0.25) is 0 Å². The van der Waals surface area contributed by atoms with E-state index in [9.17, 15) is 8.78 Å². The number of H-pyrrole nitrogens is 1. The molecule has 0 spiro atoms. The van der Waals surface area contributed by atoms with Crippen molar-refractivity contribution in [1.82, 2.24) is 9.97 Å². The number of imidazole rings is 1. The van der Waals surface area contributed by atoms with Gasteiger partial charge < -0.3 is 15.5 Å². The van der Waals surface area contributed by atoms with Crippen molar-refractivity contribution >= 4 is 11.0 Å². The first-order valence-electron chi connectivity index (χ1n) is 7.62. The maximum atomic E-state index is 13.8. The molecule has 1 heterocycles. The van der Waals surface area contributed by atoms with Gasteiger partial charge in [0.1, 0.15) is 29.1 Å². The zero-order valence-corrected chi connectivity index (χ0v) is 13.7. The van der Waals surface area contributed by atoms with E-state index in [0.717, 1.165) is 12.1 Å². The van der Waals surface area contributed by atoms with Gasteiger partial charge in [0, 0.05) is 7.11 Å². The summed E-state index contributed by atoms with van der Waals surface area (Å²) in [4.78, 5) is 7.54. The SMILES string of the molecule is CO[C@H](C)[C@H](N)c1nc2ccc(-c3cc(F)c(C#N)c(F)c3)cc2[nH]1. The summed E-state index contributed by atoms with van der Waals surface area (Å²) >= 11 is 0. The van der Waals surface area contributed by atoms with Gasteiger partial charge >= 0.3 is 0 Å². The average molecular weight is 342 g/mol. The Morgan fingerprint density at radius 3 is 2.48 bits per heavy atom. The molecule has 0 radical (unpaired) electrons. The van der Waals surface area contributed by atoms with Crippen LogP contribution >= 0.6 is 0 Å². The molecule has 3 rings (SSSR count). The molecule has 5 nitrogen and oxygen atoms in total. The Balaban J connectivity index is 2.04. The highest BCUT2D eigenvalue weighted by Gasteiger charge is 2.18. The number of benzene rings is 2. The molecular weight excluding hydrogens is 326 g/mol. The fourth-order valence-electron chi connectivity index (χ4n) is 2.58. The summed E-state index contributed by atoms with van der Waals surface area (Å²) in [5, 5.41) is 8.76. The zero-order chi connectivity index (χ0) is 18.1. The number of hydrogen-bond acceptors (Lipinski definition) is 4. The van der Waals surface area contributed by atoms with Crippen LogP contribution in [0, 0.1) is 23.0 Å². The van der Waals surface area contributed by atoms with Crippen molar-refractivity contribution in [1.29, 1.82) is 5.26 Å². The molecule has 3 aromatic rings. The molecule has 0 saturated carbocycles. The maximum absolute atomic E-state index is 13.8. The highest BCUT2D eigenvalue weighted by atomic mass is 19.1. The summed E-state index contributed by atoms with van der Waals surface area (Å²) in [7, 11) is 1.57. The number of nitrogens with one attached hydrogen (secondary N) is 1. The third kappa shape index (κ3) is 3.09. The second kappa shape index (κ2) is 6.59. The molecule has 0 fully saturated rings. The minimum atomic E-state index is -0.890. The Morgan fingerprint density at radius 1 is 1.20 bits per heavy atom. The van der Waals surface area contributed by atoms with Gasteiger partial charge in [-0.3, -0.25) is 0 Å². The second-order valence-electron chi connectivity index (χ2n) is 5.75. The third-order valence-electron chi connectivity index (χ3n) is 4.18. The Labute approximate surface area is 143 Å². The molecule has 0 aliphatic carbocycles. The number of aromatic nitrogens is 2. The number of aromatic amines is 1. The number of ether oxygens (including phenoxy) is 1. The van der Waals surface area contributed by atoms with Gasteiger partial charge in [-0.25, -0.2) is 13.8 Å². The van der Waals surface area contributed by atoms with E-state index in [0.29, 0.717) is 28.0 Å². The third-order valence-corrected chi connectivity index (χ3v) is 4.18. The summed E-state index contributed by atoms with van der Waals surface area (Å²) in [5.41, 5.74) is 7.80. The molecule has 0 unspecified atom stereocenters. The van der Waals surface area contributed by atoms with E-state index < -0.39 is 23.2 Å². The number of rotatable bonds is 4. The molecule has 1 aromatic heterocycles. The van der Waals surface area contributed by atoms with Gasteiger partial charge in [0.25, 0.3) is 0 Å². The smallest absolute Gasteiger partial charge is 0.144 e. The van der Waals surface area contributed by atoms with Crippen LogP contribution in [0.1, 0.15) is 24.4 Å². The Morgan fingerprint density at radius 2 is 1.88 bits per heavy atom. The van der Waals surface area contributed by atoms with Crippen LogP contribution in [0.25, 0.3) is 22.2 Å². The molecule has 2 atom stereocenters. The summed E-state index contributed by atoms with van der Waals surface area (Å²) < 4.78 is 32.9. The quantitative estimate of drug-likeness (QED) is 0.760. The lowest BCUT2D eigenvalue weighted by Crippen LogP contribution is -2.26. The number of halogens is 2. The molecule has 0 aliphatic heterocycles. The van der Waals surface area contributed by atoms with Crippen molar-refractivity contribution in [3.63, 3.8) is 0 Å². The zero-order valence-electron chi connectivity index (χ0n) is 13.7. The van der Waals surface area contributed by atoms with Crippen LogP contribution < -0.4 is 5.73 Å². The monoisotopic (exact) mass is 342 g/mol. The summed E-state index contributed by atoms with van der Waals surface area (Å²) in [6.07, 6.45) is -0.221. The van der Waals surface area contributed by atoms with Crippen molar-refractivity contribution in [3.8, 4) is 17.2 Å². The van der Waals surface area contributed by atoms with Crippen LogP contribution in [-0.4, -0.2) is 23.2 Å². The number of nitrogens with zero attached hydrogens (tertiary/aromatic N) is 2. The molecule has 3 N–H and O–H groups in total. The van der Waals surface area contributed by atoms with E-state index in [1.807, 2.05) is 6.92 Å². The Kier molecular flexibility index (Phi) is 4.49. The van der Waals surface area contributed by atoms with Crippen molar-refractivity contribution in [3.05, 3.63) is 53.4 Å². The van der Waals surface area contributed by atoms with Gasteiger partial charge in [0.2, 0.25) is 0 Å². The van der Waals surface area contributed by atoms with Gasteiger partial charge in [-0.15, -0.1) is 0 Å². The van der Waals surface area contributed by atoms with Gasteiger partial charge in [0.05, 0.1) is 23.2 Å². The Bertz CT molecular complexity index is 954. The van der Waals surface area contributed by atoms with Crippen LogP contribution in [0.3, 0.4) is 0 Å². The van der Waals surface area contributed by atoms with Gasteiger partial charge in [-0.1, -0.05) is 6.07 Å². The number of nitriles is 1. The van der Waals surface area contributed by atoms with E-state index in [1.165, 1.54) is 6.07 Å². The number of methoxy groups -OCH3 is 1. The molecule has 0 bridgehead atoms. The molecule has 128 valence electrons. The molecular formula is C18H16F2N4O. The predicted molar refractivity (Wildman–Crippen MR) is 89.6 cm³/mol. The molecule has 0 saturated heterocycles. The van der Waals surface area contributed by atoms with Crippen molar-refractivity contribution in [2.45, 2.75) is 19.1 Å². The van der Waals surface area contributed by atoms with E-state index in [-0.39, 0.29) is 6.10 Å². The summed E-state index contributed by atoms with van der Waals surface area (Å²) in [5.74, 6) is -1.21. The van der Waals surface area contributed by atoms with Crippen LogP contribution in [0.5, 0.6) is 0 Å². The molecule has 2 aromatic carbocycles. The van der Waals surface area contributed by atoms with E-state index in [1.54, 1.807) is 25.3 Å². The number of hydrogen-bond donors (Lipinski definition) is 2. The lowest BCUT2D eigenvalue weighted by atomic mass is 10.0. The van der Waals surface area contributed by atoms with Gasteiger partial charge in [0.15, 0.2) is 0 Å². The first-order valence-corrected chi connectivity index (χ1v) is 7.62. The Hall–Kier alpha value is -2.82. The molecule has 0 aliphatic rings. The van der Waals surface area contributed by atoms with Crippen molar-refractivity contribution < 1.29 is 13.5 Å². The van der Waals surface area contributed by atoms with Crippen LogP contribution in [0.15, 0.2) is 30.3 Å². The summed E-state index contributed by atoms with van der Waals surface area (Å²) in [6, 6.07) is 8.54. The fourth-order valence-corrected chi connectivity index (χ4v) is 2.58. The lowest BCUT2D eigenvalue weighted by Gasteiger charge is -2.15. The lowest BCUT2D eigenvalue weighted by molar-refractivity contribution is 0.0935. The highest BCUT2D eigenvalue weighted by Crippen LogP contribution is 2.27. The van der Waals surface area contributed by atoms with Gasteiger partial charge in [-0.05, 0) is 42.3 Å². The highest BCUT2D eigenvalue weighted by molar-refractivity contribution is 5.82. The number of fused-ring (bicyclic) bond motifs is 1. The molecule has 25 heavy (non-hydrogen) atoms. The van der Waals surface area contributed by atoms with Crippen LogP contribution in [0.4, 0.5) is 8.78 Å². The number of nitrogens with two attached hydrogens (primary N) is 1. The first kappa shape index (κ1) is 17.0. The minimum Gasteiger partial charge on any atom is -0.380 e. The van der Waals surface area contributed by atoms with E-state index in [2.05, 4.69) is 9.97 Å². The largest absolute Gasteiger partial charge is 0.380 e. The average Bonchev–Trinajstić information content (AvgIpc) is 3.03. The van der Waals surface area contributed by atoms with Crippen molar-refractivity contribution in [2.75, 3.05) is 7.11 Å². The van der Waals surface area contributed by atoms with Crippen molar-refractivity contribution in [2.24, 2.45) is 5.73 Å². The first-order chi connectivity index (χ1) is 11.9. The predicted octanol–water partition coefficient (Wildman–Crippen LogP) is 3.41. The standard InChI is InChI=1S/C18H16F2N4O/c1-9(25-2)17(22)18-23-15-4-3-10(7-16(15)24-18)11-5-13(19)12(8-21)14(20)6-11/h3-7,9,17H,22H2,1-2H3,(H,23,24)/t9-,17+/m1/s1. The normalized spacial score (nSPS) is 13.6. The van der Waals surface area contributed by atoms with Gasteiger partial charge in [-0.2, -0.15) is 5.26 Å². The summed E-state index contributed by atoms with van der Waals surface area (Å²) in [6.45, 7) is 1.84. The fraction of sp³-hybridized carbons (Fsp3) is 0.222. The maximum Gasteiger partial charge on any atom is 0.144 e. The molecule has 7 heteroatoms.